The standard InChI is InChI=1S/C12H16N4O3S/c1-14-20(18,19)6-5-16-12(17)11-7-10(3-2-4-13)8-15-9-11/h7-9,14H,4-6,13H2,1H3,(H,16,17). The molecule has 7 nitrogen and oxygen atoms in total. The predicted octanol–water partition coefficient (Wildman–Crippen LogP) is -1.33. The number of hydrogen-bond acceptors (Lipinski definition) is 5. The molecule has 1 aromatic heterocycles. The maximum Gasteiger partial charge on any atom is 0.252 e. The molecule has 0 fully saturated rings. The van der Waals surface area contributed by atoms with Crippen molar-refractivity contribution in [1.29, 1.82) is 0 Å². The van der Waals surface area contributed by atoms with Crippen molar-refractivity contribution < 1.29 is 13.2 Å². The Morgan fingerprint density at radius 1 is 1.45 bits per heavy atom. The molecule has 1 aromatic rings. The SMILES string of the molecule is CNS(=O)(=O)CCNC(=O)c1cncc(C#CCN)c1. The fraction of sp³-hybridized carbons (Fsp3) is 0.333. The molecule has 0 unspecified atom stereocenters. The Hall–Kier alpha value is -1.95. The summed E-state index contributed by atoms with van der Waals surface area (Å²) < 4.78 is 24.5. The molecule has 0 bridgehead atoms. The molecular weight excluding hydrogens is 280 g/mol. The minimum absolute atomic E-state index is 0.0146. The first kappa shape index (κ1) is 16.1. The summed E-state index contributed by atoms with van der Waals surface area (Å²) in [4.78, 5) is 15.7. The molecule has 0 atom stereocenters. The second kappa shape index (κ2) is 7.59. The van der Waals surface area contributed by atoms with Crippen molar-refractivity contribution in [2.24, 2.45) is 5.73 Å². The van der Waals surface area contributed by atoms with Crippen molar-refractivity contribution in [1.82, 2.24) is 15.0 Å². The van der Waals surface area contributed by atoms with Gasteiger partial charge in [-0.25, -0.2) is 13.1 Å². The van der Waals surface area contributed by atoms with Crippen molar-refractivity contribution in [3.05, 3.63) is 29.6 Å². The fourth-order valence-electron chi connectivity index (χ4n) is 1.29. The Balaban J connectivity index is 2.64. The Kier molecular flexibility index (Phi) is 6.11. The van der Waals surface area contributed by atoms with Gasteiger partial charge in [0.25, 0.3) is 5.91 Å². The zero-order chi connectivity index (χ0) is 15.0. The number of sulfonamides is 1. The van der Waals surface area contributed by atoms with E-state index in [1.807, 2.05) is 0 Å². The lowest BCUT2D eigenvalue weighted by Gasteiger charge is -2.05. The quantitative estimate of drug-likeness (QED) is 0.583. The van der Waals surface area contributed by atoms with Gasteiger partial charge in [0.1, 0.15) is 0 Å². The zero-order valence-electron chi connectivity index (χ0n) is 11.0. The number of hydrogen-bond donors (Lipinski definition) is 3. The summed E-state index contributed by atoms with van der Waals surface area (Å²) in [6.45, 7) is 0.235. The van der Waals surface area contributed by atoms with Crippen molar-refractivity contribution in [3.8, 4) is 11.8 Å². The highest BCUT2D eigenvalue weighted by atomic mass is 32.2. The Bertz CT molecular complexity index is 632. The molecule has 0 aliphatic heterocycles. The Morgan fingerprint density at radius 3 is 2.85 bits per heavy atom. The van der Waals surface area contributed by atoms with Gasteiger partial charge in [-0.3, -0.25) is 9.78 Å². The van der Waals surface area contributed by atoms with E-state index in [4.69, 9.17) is 5.73 Å². The van der Waals surface area contributed by atoms with E-state index in [9.17, 15) is 13.2 Å². The molecule has 0 aromatic carbocycles. The monoisotopic (exact) mass is 296 g/mol. The topological polar surface area (TPSA) is 114 Å². The number of pyridine rings is 1. The van der Waals surface area contributed by atoms with Gasteiger partial charge < -0.3 is 11.1 Å². The van der Waals surface area contributed by atoms with Gasteiger partial charge in [0, 0.05) is 24.5 Å². The molecule has 0 saturated carbocycles. The van der Waals surface area contributed by atoms with Crippen LogP contribution < -0.4 is 15.8 Å². The highest BCUT2D eigenvalue weighted by molar-refractivity contribution is 7.89. The van der Waals surface area contributed by atoms with Gasteiger partial charge in [0.2, 0.25) is 10.0 Å². The summed E-state index contributed by atoms with van der Waals surface area (Å²) in [5, 5.41) is 2.50. The second-order valence-electron chi connectivity index (χ2n) is 3.75. The number of nitrogens with one attached hydrogen (secondary N) is 2. The van der Waals surface area contributed by atoms with Crippen LogP contribution in [0.15, 0.2) is 18.5 Å². The van der Waals surface area contributed by atoms with Crippen molar-refractivity contribution in [2.45, 2.75) is 0 Å². The van der Waals surface area contributed by atoms with Crippen LogP contribution in [0.25, 0.3) is 0 Å². The summed E-state index contributed by atoms with van der Waals surface area (Å²) in [6, 6.07) is 1.57. The molecule has 0 aliphatic carbocycles. The van der Waals surface area contributed by atoms with Gasteiger partial charge in [0.15, 0.2) is 0 Å². The highest BCUT2D eigenvalue weighted by Crippen LogP contribution is 2.01. The third-order valence-corrected chi connectivity index (χ3v) is 3.67. The van der Waals surface area contributed by atoms with Crippen LogP contribution in [-0.2, 0) is 10.0 Å². The molecule has 1 amide bonds. The number of carbonyl (C=O) groups is 1. The van der Waals surface area contributed by atoms with Crippen LogP contribution >= 0.6 is 0 Å². The van der Waals surface area contributed by atoms with Crippen LogP contribution in [0.1, 0.15) is 15.9 Å². The summed E-state index contributed by atoms with van der Waals surface area (Å²) in [6.07, 6.45) is 2.90. The molecule has 20 heavy (non-hydrogen) atoms. The van der Waals surface area contributed by atoms with Crippen LogP contribution in [-0.4, -0.2) is 45.2 Å². The highest BCUT2D eigenvalue weighted by Gasteiger charge is 2.10. The smallest absolute Gasteiger partial charge is 0.252 e. The van der Waals surface area contributed by atoms with E-state index in [1.54, 1.807) is 6.07 Å². The molecule has 1 heterocycles. The molecule has 0 aliphatic rings. The Labute approximate surface area is 118 Å². The van der Waals surface area contributed by atoms with Gasteiger partial charge in [-0.05, 0) is 13.1 Å². The maximum absolute atomic E-state index is 11.8. The van der Waals surface area contributed by atoms with E-state index in [1.165, 1.54) is 19.4 Å². The number of aromatic nitrogens is 1. The summed E-state index contributed by atoms with van der Waals surface area (Å²) in [5.74, 6) is 4.84. The summed E-state index contributed by atoms with van der Waals surface area (Å²) >= 11 is 0. The van der Waals surface area contributed by atoms with E-state index in [-0.39, 0.29) is 18.8 Å². The van der Waals surface area contributed by atoms with Crippen molar-refractivity contribution in [3.63, 3.8) is 0 Å². The minimum Gasteiger partial charge on any atom is -0.351 e. The van der Waals surface area contributed by atoms with E-state index < -0.39 is 15.9 Å². The largest absolute Gasteiger partial charge is 0.351 e. The van der Waals surface area contributed by atoms with E-state index in [0.29, 0.717) is 11.1 Å². The van der Waals surface area contributed by atoms with Crippen LogP contribution in [0, 0.1) is 11.8 Å². The first-order valence-corrected chi connectivity index (χ1v) is 7.47. The molecule has 0 spiro atoms. The number of amides is 1. The number of nitrogens with zero attached hydrogens (tertiary/aromatic N) is 1. The lowest BCUT2D eigenvalue weighted by molar-refractivity contribution is 0.0955. The number of rotatable bonds is 5. The van der Waals surface area contributed by atoms with Gasteiger partial charge in [-0.2, -0.15) is 0 Å². The van der Waals surface area contributed by atoms with Gasteiger partial charge >= 0.3 is 0 Å². The molecule has 4 N–H and O–H groups in total. The van der Waals surface area contributed by atoms with Crippen LogP contribution in [0.4, 0.5) is 0 Å². The van der Waals surface area contributed by atoms with E-state index in [0.717, 1.165) is 0 Å². The summed E-state index contributed by atoms with van der Waals surface area (Å²) in [7, 11) is -2.01. The first-order valence-electron chi connectivity index (χ1n) is 5.82. The average molecular weight is 296 g/mol. The Morgan fingerprint density at radius 2 is 2.20 bits per heavy atom. The normalized spacial score (nSPS) is 10.5. The fourth-order valence-corrected chi connectivity index (χ4v) is 1.86. The number of carbonyl (C=O) groups excluding carboxylic acids is 1. The first-order chi connectivity index (χ1) is 9.48. The third kappa shape index (κ3) is 5.36. The lowest BCUT2D eigenvalue weighted by Crippen LogP contribution is -2.33. The molecule has 8 heteroatoms. The molecule has 108 valence electrons. The van der Waals surface area contributed by atoms with Gasteiger partial charge in [-0.1, -0.05) is 11.8 Å². The van der Waals surface area contributed by atoms with Crippen LogP contribution in [0.5, 0.6) is 0 Å². The van der Waals surface area contributed by atoms with Crippen LogP contribution in [0.3, 0.4) is 0 Å². The molecule has 0 saturated heterocycles. The lowest BCUT2D eigenvalue weighted by atomic mass is 10.2. The molecule has 1 rings (SSSR count). The van der Waals surface area contributed by atoms with Gasteiger partial charge in [0.05, 0.1) is 17.9 Å². The molecular formula is C12H16N4O3S. The van der Waals surface area contributed by atoms with Crippen molar-refractivity contribution in [2.75, 3.05) is 25.9 Å². The van der Waals surface area contributed by atoms with Crippen molar-refractivity contribution >= 4 is 15.9 Å². The second-order valence-corrected chi connectivity index (χ2v) is 5.79. The van der Waals surface area contributed by atoms with Gasteiger partial charge in [-0.15, -0.1) is 0 Å². The van der Waals surface area contributed by atoms with E-state index in [2.05, 4.69) is 26.9 Å². The van der Waals surface area contributed by atoms with Crippen LogP contribution in [0.2, 0.25) is 0 Å². The zero-order valence-corrected chi connectivity index (χ0v) is 11.8. The maximum atomic E-state index is 11.8. The molecule has 0 radical (unpaired) electrons. The summed E-state index contributed by atoms with van der Waals surface area (Å²) in [5.41, 5.74) is 6.15. The van der Waals surface area contributed by atoms with E-state index >= 15 is 0 Å². The average Bonchev–Trinajstić information content (AvgIpc) is 2.45. The minimum atomic E-state index is -3.33. The number of nitrogens with two attached hydrogens (primary N) is 1. The third-order valence-electron chi connectivity index (χ3n) is 2.30. The predicted molar refractivity (Wildman–Crippen MR) is 75.3 cm³/mol.